The number of rotatable bonds is 4. The summed E-state index contributed by atoms with van der Waals surface area (Å²) in [5.74, 6) is 0.745. The number of aromatic nitrogens is 2. The molecule has 1 N–H and O–H groups in total. The van der Waals surface area contributed by atoms with E-state index in [0.29, 0.717) is 17.3 Å². The Morgan fingerprint density at radius 2 is 1.60 bits per heavy atom. The van der Waals surface area contributed by atoms with Crippen molar-refractivity contribution in [3.63, 3.8) is 0 Å². The molecule has 1 aromatic heterocycles. The van der Waals surface area contributed by atoms with Gasteiger partial charge in [-0.25, -0.2) is 0 Å². The first kappa shape index (κ1) is 16.9. The highest BCUT2D eigenvalue weighted by atomic mass is 16.5. The maximum atomic E-state index is 12.6. The van der Waals surface area contributed by atoms with Crippen LogP contribution in [0.25, 0.3) is 11.4 Å². The molecule has 0 fully saturated rings. The van der Waals surface area contributed by atoms with Crippen LogP contribution in [0, 0.1) is 5.41 Å². The van der Waals surface area contributed by atoms with E-state index < -0.39 is 6.04 Å². The summed E-state index contributed by atoms with van der Waals surface area (Å²) < 4.78 is 5.47. The van der Waals surface area contributed by atoms with Crippen LogP contribution in [0.2, 0.25) is 0 Å². The van der Waals surface area contributed by atoms with Crippen molar-refractivity contribution in [1.29, 1.82) is 0 Å². The van der Waals surface area contributed by atoms with Crippen LogP contribution in [-0.2, 0) is 0 Å². The monoisotopic (exact) mass is 335 g/mol. The minimum atomic E-state index is -0.398. The fourth-order valence-electron chi connectivity index (χ4n) is 2.51. The van der Waals surface area contributed by atoms with Crippen LogP contribution in [0.3, 0.4) is 0 Å². The van der Waals surface area contributed by atoms with Crippen LogP contribution >= 0.6 is 0 Å². The van der Waals surface area contributed by atoms with Crippen molar-refractivity contribution in [3.8, 4) is 11.4 Å². The van der Waals surface area contributed by atoms with Gasteiger partial charge in [-0.15, -0.1) is 0 Å². The Kier molecular flexibility index (Phi) is 4.65. The zero-order chi connectivity index (χ0) is 17.9. The maximum Gasteiger partial charge on any atom is 0.251 e. The van der Waals surface area contributed by atoms with Crippen molar-refractivity contribution >= 4 is 5.91 Å². The van der Waals surface area contributed by atoms with Crippen LogP contribution in [0.4, 0.5) is 0 Å². The minimum absolute atomic E-state index is 0.167. The third-order valence-electron chi connectivity index (χ3n) is 3.90. The highest BCUT2D eigenvalue weighted by Crippen LogP contribution is 2.33. The Morgan fingerprint density at radius 3 is 2.20 bits per heavy atom. The summed E-state index contributed by atoms with van der Waals surface area (Å²) in [6, 6.07) is 18.3. The van der Waals surface area contributed by atoms with Crippen LogP contribution in [-0.4, -0.2) is 16.0 Å². The van der Waals surface area contributed by atoms with Crippen molar-refractivity contribution < 1.29 is 9.32 Å². The van der Waals surface area contributed by atoms with Gasteiger partial charge >= 0.3 is 0 Å². The fraction of sp³-hybridized carbons (Fsp3) is 0.250. The Labute approximate surface area is 147 Å². The van der Waals surface area contributed by atoms with E-state index in [9.17, 15) is 4.79 Å². The van der Waals surface area contributed by atoms with E-state index in [-0.39, 0.29) is 11.3 Å². The highest BCUT2D eigenvalue weighted by Gasteiger charge is 2.33. The lowest BCUT2D eigenvalue weighted by molar-refractivity contribution is 0.0881. The van der Waals surface area contributed by atoms with Gasteiger partial charge in [-0.05, 0) is 17.5 Å². The van der Waals surface area contributed by atoms with E-state index in [0.717, 1.165) is 5.56 Å². The molecule has 128 valence electrons. The molecule has 0 aliphatic carbocycles. The van der Waals surface area contributed by atoms with Crippen LogP contribution in [0.15, 0.2) is 65.2 Å². The topological polar surface area (TPSA) is 68.0 Å². The second-order valence-electron chi connectivity index (χ2n) is 6.96. The molecule has 5 nitrogen and oxygen atoms in total. The molecule has 0 spiro atoms. The van der Waals surface area contributed by atoms with E-state index in [1.54, 1.807) is 12.1 Å². The van der Waals surface area contributed by atoms with Crippen LogP contribution in [0.5, 0.6) is 0 Å². The molecule has 5 heteroatoms. The third-order valence-corrected chi connectivity index (χ3v) is 3.90. The number of nitrogens with one attached hydrogen (secondary N) is 1. The van der Waals surface area contributed by atoms with E-state index in [2.05, 4.69) is 15.5 Å². The summed E-state index contributed by atoms with van der Waals surface area (Å²) in [4.78, 5) is 17.1. The molecule has 0 saturated carbocycles. The quantitative estimate of drug-likeness (QED) is 0.774. The lowest BCUT2D eigenvalue weighted by Gasteiger charge is -2.28. The molecular formula is C20H21N3O2. The first-order chi connectivity index (χ1) is 11.9. The lowest BCUT2D eigenvalue weighted by atomic mass is 9.86. The molecule has 3 aromatic rings. The second-order valence-corrected chi connectivity index (χ2v) is 6.96. The molecule has 3 rings (SSSR count). The summed E-state index contributed by atoms with van der Waals surface area (Å²) >= 11 is 0. The molecule has 0 aliphatic heterocycles. The van der Waals surface area contributed by atoms with E-state index in [4.69, 9.17) is 4.52 Å². The highest BCUT2D eigenvalue weighted by molar-refractivity contribution is 5.94. The van der Waals surface area contributed by atoms with Gasteiger partial charge in [0.1, 0.15) is 6.04 Å². The second kappa shape index (κ2) is 6.89. The van der Waals surface area contributed by atoms with Crippen LogP contribution < -0.4 is 5.32 Å². The smallest absolute Gasteiger partial charge is 0.251 e. The molecule has 0 unspecified atom stereocenters. The standard InChI is InChI=1S/C20H21N3O2/c1-20(2,3)16(21-18(24)15-12-8-5-9-13-15)19-22-17(23-25-19)14-10-6-4-7-11-14/h4-13,16H,1-3H3,(H,21,24)/t16-/m1/s1. The van der Waals surface area contributed by atoms with E-state index in [1.807, 2.05) is 69.3 Å². The number of hydrogen-bond acceptors (Lipinski definition) is 4. The summed E-state index contributed by atoms with van der Waals surface area (Å²) in [5.41, 5.74) is 1.18. The minimum Gasteiger partial charge on any atom is -0.340 e. The molecule has 25 heavy (non-hydrogen) atoms. The van der Waals surface area contributed by atoms with Gasteiger partial charge in [0.25, 0.3) is 5.91 Å². The number of amides is 1. The maximum absolute atomic E-state index is 12.6. The number of carbonyl (C=O) groups is 1. The first-order valence-corrected chi connectivity index (χ1v) is 8.20. The molecule has 1 heterocycles. The summed E-state index contributed by atoms with van der Waals surface area (Å²) in [7, 11) is 0. The molecule has 0 bridgehead atoms. The first-order valence-electron chi connectivity index (χ1n) is 8.20. The predicted molar refractivity (Wildman–Crippen MR) is 95.8 cm³/mol. The Morgan fingerprint density at radius 1 is 1.00 bits per heavy atom. The van der Waals surface area contributed by atoms with Gasteiger partial charge < -0.3 is 9.84 Å². The van der Waals surface area contributed by atoms with Gasteiger partial charge in [0.15, 0.2) is 0 Å². The molecule has 0 aliphatic rings. The average molecular weight is 335 g/mol. The number of hydrogen-bond donors (Lipinski definition) is 1. The zero-order valence-corrected chi connectivity index (χ0v) is 14.6. The van der Waals surface area contributed by atoms with Gasteiger partial charge in [-0.3, -0.25) is 4.79 Å². The van der Waals surface area contributed by atoms with Gasteiger partial charge in [-0.1, -0.05) is 74.5 Å². The van der Waals surface area contributed by atoms with Gasteiger partial charge in [0.2, 0.25) is 11.7 Å². The molecule has 0 radical (unpaired) electrons. The van der Waals surface area contributed by atoms with Gasteiger partial charge in [0.05, 0.1) is 0 Å². The predicted octanol–water partition coefficient (Wildman–Crippen LogP) is 4.25. The Bertz CT molecular complexity index is 836. The van der Waals surface area contributed by atoms with Crippen molar-refractivity contribution in [2.75, 3.05) is 0 Å². The third kappa shape index (κ3) is 3.94. The normalized spacial score (nSPS) is 12.6. The molecule has 1 amide bonds. The van der Waals surface area contributed by atoms with Crippen LogP contribution in [0.1, 0.15) is 43.1 Å². The average Bonchev–Trinajstić information content (AvgIpc) is 3.09. The summed E-state index contributed by atoms with van der Waals surface area (Å²) in [5, 5.41) is 7.08. The Hall–Kier alpha value is -2.95. The van der Waals surface area contributed by atoms with Crippen molar-refractivity contribution in [1.82, 2.24) is 15.5 Å². The number of carbonyl (C=O) groups excluding carboxylic acids is 1. The number of nitrogens with zero attached hydrogens (tertiary/aromatic N) is 2. The Balaban J connectivity index is 1.87. The molecule has 1 atom stereocenters. The van der Waals surface area contributed by atoms with Gasteiger partial charge in [0, 0.05) is 11.1 Å². The summed E-state index contributed by atoms with van der Waals surface area (Å²) in [6.07, 6.45) is 0. The lowest BCUT2D eigenvalue weighted by Crippen LogP contribution is -2.36. The zero-order valence-electron chi connectivity index (χ0n) is 14.6. The van der Waals surface area contributed by atoms with Crippen molar-refractivity contribution in [2.24, 2.45) is 5.41 Å². The van der Waals surface area contributed by atoms with Crippen molar-refractivity contribution in [2.45, 2.75) is 26.8 Å². The van der Waals surface area contributed by atoms with Crippen molar-refractivity contribution in [3.05, 3.63) is 72.1 Å². The molecular weight excluding hydrogens is 314 g/mol. The van der Waals surface area contributed by atoms with E-state index in [1.165, 1.54) is 0 Å². The molecule has 2 aromatic carbocycles. The fourth-order valence-corrected chi connectivity index (χ4v) is 2.51. The largest absolute Gasteiger partial charge is 0.340 e. The van der Waals surface area contributed by atoms with E-state index >= 15 is 0 Å². The number of benzene rings is 2. The molecule has 0 saturated heterocycles. The summed E-state index contributed by atoms with van der Waals surface area (Å²) in [6.45, 7) is 6.07. The van der Waals surface area contributed by atoms with Gasteiger partial charge in [-0.2, -0.15) is 4.98 Å². The SMILES string of the molecule is CC(C)(C)[C@H](NC(=O)c1ccccc1)c1nc(-c2ccccc2)no1.